The summed E-state index contributed by atoms with van der Waals surface area (Å²) in [7, 11) is 0. The largest absolute Gasteiger partial charge is 0.466 e. The number of halogens is 1. The Morgan fingerprint density at radius 2 is 2.29 bits per heavy atom. The number of aromatic amines is 1. The molecule has 0 amide bonds. The average Bonchev–Trinajstić information content (AvgIpc) is 2.43. The van der Waals surface area contributed by atoms with E-state index < -0.39 is 11.5 Å². The summed E-state index contributed by atoms with van der Waals surface area (Å²) in [6.45, 7) is 1.93. The van der Waals surface area contributed by atoms with Gasteiger partial charge in [0.2, 0.25) is 0 Å². The van der Waals surface area contributed by atoms with Gasteiger partial charge in [-0.2, -0.15) is 0 Å². The molecule has 0 radical (unpaired) electrons. The Morgan fingerprint density at radius 1 is 1.52 bits per heavy atom. The van der Waals surface area contributed by atoms with Crippen molar-refractivity contribution >= 4 is 27.7 Å². The summed E-state index contributed by atoms with van der Waals surface area (Å²) >= 11 is 3.32. The molecule has 0 bridgehead atoms. The van der Waals surface area contributed by atoms with Crippen LogP contribution in [0.3, 0.4) is 0 Å². The minimum atomic E-state index is -0.525. The molecule has 0 aliphatic carbocycles. The zero-order valence-corrected chi connectivity index (χ0v) is 12.8. The molecule has 3 N–H and O–H groups in total. The standard InChI is InChI=1S/C13H13BrN4O3/c1-2-21-9(19)6-7-11(15)17-12(18-13(7)20)10-8(14)4-3-5-16-10/h3-5H,2,6H2,1H3,(H3,15,17,18,20). The van der Waals surface area contributed by atoms with Crippen LogP contribution in [0.1, 0.15) is 12.5 Å². The van der Waals surface area contributed by atoms with E-state index in [9.17, 15) is 9.59 Å². The number of nitrogens with one attached hydrogen (secondary N) is 1. The van der Waals surface area contributed by atoms with Crippen LogP contribution in [0.5, 0.6) is 0 Å². The van der Waals surface area contributed by atoms with Crippen molar-refractivity contribution in [1.29, 1.82) is 0 Å². The van der Waals surface area contributed by atoms with Gasteiger partial charge >= 0.3 is 5.97 Å². The van der Waals surface area contributed by atoms with E-state index in [0.717, 1.165) is 0 Å². The number of pyridine rings is 1. The SMILES string of the molecule is CCOC(=O)Cc1c(N)nc(-c2ncccc2Br)[nH]c1=O. The number of H-pyrrole nitrogens is 1. The Bertz CT molecular complexity index is 730. The number of hydrogen-bond acceptors (Lipinski definition) is 6. The number of carbonyl (C=O) groups excluding carboxylic acids is 1. The second-order valence-corrected chi connectivity index (χ2v) is 4.95. The molecule has 2 rings (SSSR count). The van der Waals surface area contributed by atoms with Crippen LogP contribution in [0.15, 0.2) is 27.6 Å². The van der Waals surface area contributed by atoms with Crippen LogP contribution in [0.25, 0.3) is 11.5 Å². The van der Waals surface area contributed by atoms with Gasteiger partial charge in [0.25, 0.3) is 5.56 Å². The third kappa shape index (κ3) is 3.46. The van der Waals surface area contributed by atoms with Crippen molar-refractivity contribution in [3.63, 3.8) is 0 Å². The zero-order chi connectivity index (χ0) is 15.4. The lowest BCUT2D eigenvalue weighted by Crippen LogP contribution is -2.22. The number of esters is 1. The first kappa shape index (κ1) is 15.2. The van der Waals surface area contributed by atoms with Crippen LogP contribution >= 0.6 is 15.9 Å². The lowest BCUT2D eigenvalue weighted by molar-refractivity contribution is -0.142. The molecule has 0 saturated heterocycles. The molecule has 2 aromatic rings. The lowest BCUT2D eigenvalue weighted by atomic mass is 10.2. The molecule has 0 aromatic carbocycles. The number of aromatic nitrogens is 3. The number of anilines is 1. The molecule has 110 valence electrons. The summed E-state index contributed by atoms with van der Waals surface area (Å²) in [6, 6.07) is 3.51. The van der Waals surface area contributed by atoms with Gasteiger partial charge in [0.1, 0.15) is 11.5 Å². The zero-order valence-electron chi connectivity index (χ0n) is 11.2. The molecule has 0 atom stereocenters. The Morgan fingerprint density at radius 3 is 2.90 bits per heavy atom. The summed E-state index contributed by atoms with van der Waals surface area (Å²) in [4.78, 5) is 34.3. The van der Waals surface area contributed by atoms with Crippen molar-refractivity contribution in [2.75, 3.05) is 12.3 Å². The molecule has 0 fully saturated rings. The molecule has 0 unspecified atom stereocenters. The molecule has 2 heterocycles. The molecular weight excluding hydrogens is 340 g/mol. The second-order valence-electron chi connectivity index (χ2n) is 4.09. The maximum Gasteiger partial charge on any atom is 0.310 e. The van der Waals surface area contributed by atoms with Crippen molar-refractivity contribution in [3.05, 3.63) is 38.7 Å². The van der Waals surface area contributed by atoms with Gasteiger partial charge in [0.15, 0.2) is 5.82 Å². The molecule has 8 heteroatoms. The van der Waals surface area contributed by atoms with E-state index in [1.54, 1.807) is 25.3 Å². The van der Waals surface area contributed by atoms with E-state index in [0.29, 0.717) is 10.2 Å². The number of ether oxygens (including phenoxy) is 1. The normalized spacial score (nSPS) is 10.4. The summed E-state index contributed by atoms with van der Waals surface area (Å²) in [6.07, 6.45) is 1.36. The number of hydrogen-bond donors (Lipinski definition) is 2. The summed E-state index contributed by atoms with van der Waals surface area (Å²) in [5.74, 6) is -0.305. The monoisotopic (exact) mass is 352 g/mol. The first-order valence-corrected chi connectivity index (χ1v) is 6.97. The minimum absolute atomic E-state index is 0.0145. The molecule has 0 spiro atoms. The first-order chi connectivity index (χ1) is 10.0. The number of nitrogens with two attached hydrogens (primary N) is 1. The molecule has 0 aliphatic rings. The van der Waals surface area contributed by atoms with Crippen LogP contribution in [0, 0.1) is 0 Å². The predicted octanol–water partition coefficient (Wildman–Crippen LogP) is 1.28. The minimum Gasteiger partial charge on any atom is -0.466 e. The highest BCUT2D eigenvalue weighted by Gasteiger charge is 2.16. The third-order valence-corrected chi connectivity index (χ3v) is 3.30. The fraction of sp³-hybridized carbons (Fsp3) is 0.231. The molecule has 2 aromatic heterocycles. The van der Waals surface area contributed by atoms with Crippen molar-refractivity contribution in [2.45, 2.75) is 13.3 Å². The number of nitrogen functional groups attached to an aromatic ring is 1. The summed E-state index contributed by atoms with van der Waals surface area (Å²) in [5, 5.41) is 0. The number of nitrogens with zero attached hydrogens (tertiary/aromatic N) is 2. The lowest BCUT2D eigenvalue weighted by Gasteiger charge is -2.07. The van der Waals surface area contributed by atoms with Crippen LogP contribution in [-0.4, -0.2) is 27.5 Å². The van der Waals surface area contributed by atoms with Crippen molar-refractivity contribution in [3.8, 4) is 11.5 Å². The Balaban J connectivity index is 2.40. The second kappa shape index (κ2) is 6.49. The molecule has 21 heavy (non-hydrogen) atoms. The van der Waals surface area contributed by atoms with Crippen LogP contribution < -0.4 is 11.3 Å². The van der Waals surface area contributed by atoms with Gasteiger partial charge in [-0.1, -0.05) is 0 Å². The van der Waals surface area contributed by atoms with Crippen molar-refractivity contribution in [2.24, 2.45) is 0 Å². The van der Waals surface area contributed by atoms with Crippen LogP contribution in [0.4, 0.5) is 5.82 Å². The van der Waals surface area contributed by atoms with E-state index in [1.165, 1.54) is 0 Å². The fourth-order valence-electron chi connectivity index (χ4n) is 1.71. The Hall–Kier alpha value is -2.22. The van der Waals surface area contributed by atoms with Gasteiger partial charge in [-0.25, -0.2) is 4.98 Å². The van der Waals surface area contributed by atoms with Gasteiger partial charge < -0.3 is 15.5 Å². The molecular formula is C13H13BrN4O3. The van der Waals surface area contributed by atoms with E-state index in [-0.39, 0.29) is 30.2 Å². The van der Waals surface area contributed by atoms with Gasteiger partial charge in [0.05, 0.1) is 18.6 Å². The summed E-state index contributed by atoms with van der Waals surface area (Å²) < 4.78 is 5.47. The predicted molar refractivity (Wildman–Crippen MR) is 80.5 cm³/mol. The van der Waals surface area contributed by atoms with E-state index in [2.05, 4.69) is 30.9 Å². The third-order valence-electron chi connectivity index (χ3n) is 2.66. The van der Waals surface area contributed by atoms with E-state index in [1.807, 2.05) is 0 Å². The Labute approximate surface area is 128 Å². The first-order valence-electron chi connectivity index (χ1n) is 6.18. The van der Waals surface area contributed by atoms with Crippen LogP contribution in [0.2, 0.25) is 0 Å². The van der Waals surface area contributed by atoms with Gasteiger partial charge in [0, 0.05) is 10.7 Å². The maximum atomic E-state index is 12.1. The Kier molecular flexibility index (Phi) is 4.69. The molecule has 7 nitrogen and oxygen atoms in total. The van der Waals surface area contributed by atoms with Gasteiger partial charge in [-0.3, -0.25) is 14.6 Å². The quantitative estimate of drug-likeness (QED) is 0.801. The van der Waals surface area contributed by atoms with Crippen LogP contribution in [-0.2, 0) is 16.0 Å². The smallest absolute Gasteiger partial charge is 0.310 e. The average molecular weight is 353 g/mol. The highest BCUT2D eigenvalue weighted by atomic mass is 79.9. The number of carbonyl (C=O) groups is 1. The number of rotatable bonds is 4. The fourth-order valence-corrected chi connectivity index (χ4v) is 2.16. The van der Waals surface area contributed by atoms with Crippen molar-refractivity contribution < 1.29 is 9.53 Å². The summed E-state index contributed by atoms with van der Waals surface area (Å²) in [5.41, 5.74) is 5.84. The van der Waals surface area contributed by atoms with E-state index in [4.69, 9.17) is 10.5 Å². The highest BCUT2D eigenvalue weighted by molar-refractivity contribution is 9.10. The van der Waals surface area contributed by atoms with Gasteiger partial charge in [-0.05, 0) is 35.0 Å². The molecule has 0 saturated carbocycles. The van der Waals surface area contributed by atoms with Gasteiger partial charge in [-0.15, -0.1) is 0 Å². The molecule has 0 aliphatic heterocycles. The van der Waals surface area contributed by atoms with E-state index >= 15 is 0 Å². The highest BCUT2D eigenvalue weighted by Crippen LogP contribution is 2.22. The maximum absolute atomic E-state index is 12.1. The topological polar surface area (TPSA) is 111 Å². The van der Waals surface area contributed by atoms with Crippen molar-refractivity contribution in [1.82, 2.24) is 15.0 Å².